The summed E-state index contributed by atoms with van der Waals surface area (Å²) in [5, 5.41) is 5.67. The first-order chi connectivity index (χ1) is 16.2. The van der Waals surface area contributed by atoms with Gasteiger partial charge in [0.25, 0.3) is 11.8 Å². The molecule has 3 rings (SSSR count). The molecule has 2 unspecified atom stereocenters. The van der Waals surface area contributed by atoms with E-state index in [2.05, 4.69) is 17.6 Å². The number of esters is 2. The highest BCUT2D eigenvalue weighted by atomic mass is 32.1. The summed E-state index contributed by atoms with van der Waals surface area (Å²) in [7, 11) is 0. The van der Waals surface area contributed by atoms with Gasteiger partial charge in [0.15, 0.2) is 6.61 Å². The lowest BCUT2D eigenvalue weighted by Gasteiger charge is -2.19. The number of nitrogens with one attached hydrogen (secondary N) is 2. The molecule has 1 heterocycles. The van der Waals surface area contributed by atoms with Gasteiger partial charge in [0, 0.05) is 10.4 Å². The topological polar surface area (TPSA) is 111 Å². The Labute approximate surface area is 203 Å². The molecule has 0 saturated carbocycles. The van der Waals surface area contributed by atoms with Crippen molar-refractivity contribution in [2.24, 2.45) is 5.92 Å². The molecule has 0 fully saturated rings. The van der Waals surface area contributed by atoms with Crippen LogP contribution >= 0.6 is 11.3 Å². The summed E-state index contributed by atoms with van der Waals surface area (Å²) >= 11 is 1.37. The standard InChI is InChI=1S/C25H30N2O6S/c1-14(2)33-25(31)21-18-11-10-15(3)12-19(18)34-23(21)27-20(28)13-32-24(30)16(4)26-22(29)17-8-6-5-7-9-17/h5-9,14-16H,10-13H2,1-4H3,(H,26,29)(H,27,28). The lowest BCUT2D eigenvalue weighted by molar-refractivity contribution is -0.148. The van der Waals surface area contributed by atoms with Gasteiger partial charge in [0.05, 0.1) is 11.7 Å². The molecule has 0 spiro atoms. The first kappa shape index (κ1) is 25.4. The highest BCUT2D eigenvalue weighted by molar-refractivity contribution is 7.17. The fourth-order valence-corrected chi connectivity index (χ4v) is 5.10. The lowest BCUT2D eigenvalue weighted by Crippen LogP contribution is -2.40. The van der Waals surface area contributed by atoms with Crippen molar-refractivity contribution >= 4 is 40.1 Å². The second-order valence-electron chi connectivity index (χ2n) is 8.73. The monoisotopic (exact) mass is 486 g/mol. The van der Waals surface area contributed by atoms with E-state index < -0.39 is 36.4 Å². The smallest absolute Gasteiger partial charge is 0.341 e. The van der Waals surface area contributed by atoms with Crippen molar-refractivity contribution in [2.45, 2.75) is 59.1 Å². The first-order valence-corrected chi connectivity index (χ1v) is 12.1. The van der Waals surface area contributed by atoms with Gasteiger partial charge in [-0.3, -0.25) is 9.59 Å². The Bertz CT molecular complexity index is 1060. The molecule has 0 saturated heterocycles. The number of hydrogen-bond donors (Lipinski definition) is 2. The largest absolute Gasteiger partial charge is 0.459 e. The Morgan fingerprint density at radius 2 is 1.82 bits per heavy atom. The third kappa shape index (κ3) is 6.44. The molecule has 1 aliphatic rings. The molecule has 2 amide bonds. The van der Waals surface area contributed by atoms with Gasteiger partial charge < -0.3 is 20.1 Å². The van der Waals surface area contributed by atoms with E-state index in [0.29, 0.717) is 22.0 Å². The van der Waals surface area contributed by atoms with Crippen molar-refractivity contribution in [3.8, 4) is 0 Å². The summed E-state index contributed by atoms with van der Waals surface area (Å²) in [4.78, 5) is 50.8. The van der Waals surface area contributed by atoms with Gasteiger partial charge >= 0.3 is 11.9 Å². The Hall–Kier alpha value is -3.20. The summed E-state index contributed by atoms with van der Waals surface area (Å²) < 4.78 is 10.5. The fourth-order valence-electron chi connectivity index (χ4n) is 3.68. The van der Waals surface area contributed by atoms with Crippen LogP contribution in [0.1, 0.15) is 65.3 Å². The number of thiophene rings is 1. The van der Waals surface area contributed by atoms with Crippen molar-refractivity contribution in [1.29, 1.82) is 0 Å². The first-order valence-electron chi connectivity index (χ1n) is 11.3. The molecular formula is C25H30N2O6S. The summed E-state index contributed by atoms with van der Waals surface area (Å²) in [6.07, 6.45) is 2.26. The average molecular weight is 487 g/mol. The van der Waals surface area contributed by atoms with E-state index >= 15 is 0 Å². The van der Waals surface area contributed by atoms with Gasteiger partial charge in [-0.15, -0.1) is 11.3 Å². The van der Waals surface area contributed by atoms with Gasteiger partial charge in [-0.25, -0.2) is 9.59 Å². The number of carbonyl (C=O) groups is 4. The van der Waals surface area contributed by atoms with Crippen molar-refractivity contribution in [1.82, 2.24) is 5.32 Å². The van der Waals surface area contributed by atoms with E-state index in [0.717, 1.165) is 29.7 Å². The van der Waals surface area contributed by atoms with Gasteiger partial charge in [-0.05, 0) is 63.6 Å². The summed E-state index contributed by atoms with van der Waals surface area (Å²) in [6, 6.07) is 7.54. The van der Waals surface area contributed by atoms with Gasteiger partial charge in [0.2, 0.25) is 0 Å². The predicted octanol–water partition coefficient (Wildman–Crippen LogP) is 3.74. The highest BCUT2D eigenvalue weighted by Crippen LogP contribution is 2.40. The SMILES string of the molecule is CC1CCc2c(sc(NC(=O)COC(=O)C(C)NC(=O)c3ccccc3)c2C(=O)OC(C)C)C1. The van der Waals surface area contributed by atoms with Crippen LogP contribution in [-0.2, 0) is 31.9 Å². The number of ether oxygens (including phenoxy) is 2. The van der Waals surface area contributed by atoms with Gasteiger partial charge in [-0.2, -0.15) is 0 Å². The van der Waals surface area contributed by atoms with E-state index in [-0.39, 0.29) is 6.10 Å². The molecule has 2 atom stereocenters. The van der Waals surface area contributed by atoms with Crippen LogP contribution in [0.4, 0.5) is 5.00 Å². The number of benzene rings is 1. The second kappa shape index (κ2) is 11.3. The number of rotatable bonds is 8. The minimum absolute atomic E-state index is 0.289. The minimum Gasteiger partial charge on any atom is -0.459 e. The van der Waals surface area contributed by atoms with Crippen molar-refractivity contribution in [2.75, 3.05) is 11.9 Å². The normalized spacial score (nSPS) is 15.7. The number of amides is 2. The van der Waals surface area contributed by atoms with Crippen LogP contribution in [0.25, 0.3) is 0 Å². The molecule has 0 radical (unpaired) electrons. The third-order valence-corrected chi connectivity index (χ3v) is 6.56. The molecule has 2 N–H and O–H groups in total. The molecule has 0 aliphatic heterocycles. The summed E-state index contributed by atoms with van der Waals surface area (Å²) in [6.45, 7) is 6.64. The lowest BCUT2D eigenvalue weighted by atomic mass is 9.88. The zero-order valence-corrected chi connectivity index (χ0v) is 20.6. The Morgan fingerprint density at radius 3 is 2.50 bits per heavy atom. The Morgan fingerprint density at radius 1 is 1.12 bits per heavy atom. The molecule has 8 nitrogen and oxygen atoms in total. The van der Waals surface area contributed by atoms with Crippen LogP contribution in [0.3, 0.4) is 0 Å². The van der Waals surface area contributed by atoms with E-state index in [1.54, 1.807) is 44.2 Å². The number of anilines is 1. The third-order valence-electron chi connectivity index (χ3n) is 5.39. The molecule has 1 aliphatic carbocycles. The second-order valence-corrected chi connectivity index (χ2v) is 9.83. The van der Waals surface area contributed by atoms with Crippen molar-refractivity contribution < 1.29 is 28.7 Å². The molecule has 0 bridgehead atoms. The maximum absolute atomic E-state index is 12.8. The Kier molecular flexibility index (Phi) is 8.44. The minimum atomic E-state index is -0.937. The van der Waals surface area contributed by atoms with E-state index in [9.17, 15) is 19.2 Å². The van der Waals surface area contributed by atoms with Crippen LogP contribution in [-0.4, -0.2) is 42.5 Å². The molecule has 2 aromatic rings. The van der Waals surface area contributed by atoms with Crippen LogP contribution in [0, 0.1) is 5.92 Å². The van der Waals surface area contributed by atoms with Crippen LogP contribution in [0.15, 0.2) is 30.3 Å². The van der Waals surface area contributed by atoms with Gasteiger partial charge in [-0.1, -0.05) is 25.1 Å². The summed E-state index contributed by atoms with van der Waals surface area (Å²) in [5.41, 5.74) is 1.73. The number of hydrogen-bond acceptors (Lipinski definition) is 7. The molecule has 1 aromatic carbocycles. The zero-order valence-electron chi connectivity index (χ0n) is 19.8. The molecular weight excluding hydrogens is 456 g/mol. The quantitative estimate of drug-likeness (QED) is 0.550. The average Bonchev–Trinajstić information content (AvgIpc) is 3.14. The molecule has 34 heavy (non-hydrogen) atoms. The molecule has 9 heteroatoms. The Balaban J connectivity index is 1.61. The fraction of sp³-hybridized carbons (Fsp3) is 0.440. The number of fused-ring (bicyclic) bond motifs is 1. The van der Waals surface area contributed by atoms with Crippen molar-refractivity contribution in [3.05, 3.63) is 51.9 Å². The van der Waals surface area contributed by atoms with Crippen LogP contribution in [0.2, 0.25) is 0 Å². The van der Waals surface area contributed by atoms with E-state index in [4.69, 9.17) is 9.47 Å². The molecule has 1 aromatic heterocycles. The van der Waals surface area contributed by atoms with Gasteiger partial charge in [0.1, 0.15) is 11.0 Å². The van der Waals surface area contributed by atoms with Crippen LogP contribution < -0.4 is 10.6 Å². The molecule has 182 valence electrons. The van der Waals surface area contributed by atoms with Crippen molar-refractivity contribution in [3.63, 3.8) is 0 Å². The highest BCUT2D eigenvalue weighted by Gasteiger charge is 2.30. The van der Waals surface area contributed by atoms with E-state index in [1.807, 2.05) is 0 Å². The summed E-state index contributed by atoms with van der Waals surface area (Å²) in [5.74, 6) is -1.69. The predicted molar refractivity (Wildman–Crippen MR) is 129 cm³/mol. The number of carbonyl (C=O) groups excluding carboxylic acids is 4. The maximum atomic E-state index is 12.8. The van der Waals surface area contributed by atoms with E-state index in [1.165, 1.54) is 18.3 Å². The zero-order chi connectivity index (χ0) is 24.8. The maximum Gasteiger partial charge on any atom is 0.341 e. The van der Waals surface area contributed by atoms with Crippen LogP contribution in [0.5, 0.6) is 0 Å².